The van der Waals surface area contributed by atoms with Crippen LogP contribution in [0.25, 0.3) is 41.7 Å². The van der Waals surface area contributed by atoms with Crippen LogP contribution in [0.2, 0.25) is 0 Å². The molecule has 2 aliphatic heterocycles. The van der Waals surface area contributed by atoms with Crippen molar-refractivity contribution in [1.82, 2.24) is 0 Å². The van der Waals surface area contributed by atoms with Crippen molar-refractivity contribution in [1.29, 1.82) is 0 Å². The summed E-state index contributed by atoms with van der Waals surface area (Å²) in [6, 6.07) is 74.3. The molecular weight excluding hydrogens is 882 g/mol. The first kappa shape index (κ1) is 41.6. The highest BCUT2D eigenvalue weighted by molar-refractivity contribution is 7.25. The third kappa shape index (κ3) is 6.88. The van der Waals surface area contributed by atoms with Crippen LogP contribution < -0.4 is 35.8 Å². The minimum Gasteiger partial charge on any atom is -0.458 e. The first-order valence-corrected chi connectivity index (χ1v) is 25.5. The molecule has 3 heterocycles. The largest absolute Gasteiger partial charge is 0.458 e. The summed E-state index contributed by atoms with van der Waals surface area (Å²) in [6.45, 7) is 6.44. The van der Waals surface area contributed by atoms with Crippen molar-refractivity contribution in [3.05, 3.63) is 235 Å². The molecule has 0 unspecified atom stereocenters. The molecule has 10 aromatic carbocycles. The number of rotatable bonds is 7. The fourth-order valence-corrected chi connectivity index (χ4v) is 12.5. The van der Waals surface area contributed by atoms with E-state index >= 15 is 0 Å². The topological polar surface area (TPSA) is 19.0 Å². The Hall–Kier alpha value is -8.32. The summed E-state index contributed by atoms with van der Waals surface area (Å²) < 4.78 is 10.1. The summed E-state index contributed by atoms with van der Waals surface area (Å²) in [4.78, 5) is 7.36. The number of hydrogen-bond acceptors (Lipinski definition) is 5. The van der Waals surface area contributed by atoms with Crippen LogP contribution in [0.1, 0.15) is 30.9 Å². The van der Waals surface area contributed by atoms with Gasteiger partial charge in [-0.05, 0) is 156 Å². The van der Waals surface area contributed by atoms with Crippen molar-refractivity contribution in [2.75, 3.05) is 14.7 Å². The molecule has 6 heteroatoms. The molecule has 0 spiro atoms. The van der Waals surface area contributed by atoms with Crippen molar-refractivity contribution < 1.29 is 4.74 Å². The Kier molecular flexibility index (Phi) is 9.62. The van der Waals surface area contributed by atoms with E-state index < -0.39 is 0 Å². The Morgan fingerprint density at radius 2 is 1.10 bits per heavy atom. The number of nitrogens with zero attached hydrogens (tertiary/aromatic N) is 3. The van der Waals surface area contributed by atoms with E-state index in [1.807, 2.05) is 11.3 Å². The average Bonchev–Trinajstić information content (AvgIpc) is 3.78. The maximum Gasteiger partial charge on any atom is 0.257 e. The molecule has 1 aromatic heterocycles. The van der Waals surface area contributed by atoms with Gasteiger partial charge in [-0.3, -0.25) is 0 Å². The quantitative estimate of drug-likeness (QED) is 0.148. The molecule has 71 heavy (non-hydrogen) atoms. The number of fused-ring (bicyclic) bond motifs is 10. The third-order valence-corrected chi connectivity index (χ3v) is 16.1. The molecule has 11 aromatic rings. The van der Waals surface area contributed by atoms with E-state index in [-0.39, 0.29) is 6.71 Å². The van der Waals surface area contributed by atoms with Crippen LogP contribution in [0.4, 0.5) is 45.5 Å². The number of allylic oxidation sites excluding steroid dienone is 4. The van der Waals surface area contributed by atoms with Gasteiger partial charge < -0.3 is 19.4 Å². The minimum absolute atomic E-state index is 0.107. The Balaban J connectivity index is 1.02. The summed E-state index contributed by atoms with van der Waals surface area (Å²) in [6.07, 6.45) is 6.54. The molecule has 0 saturated heterocycles. The second-order valence-electron chi connectivity index (χ2n) is 19.5. The molecule has 4 nitrogen and oxygen atoms in total. The number of benzene rings is 10. The zero-order valence-electron chi connectivity index (χ0n) is 39.9. The molecule has 0 saturated carbocycles. The Bertz CT molecular complexity index is 4040. The van der Waals surface area contributed by atoms with E-state index in [0.717, 1.165) is 69.6 Å². The van der Waals surface area contributed by atoms with Gasteiger partial charge in [-0.25, -0.2) is 0 Å². The fraction of sp³-hybridized carbons (Fsp3) is 0.0769. The number of ether oxygens (including phenoxy) is 1. The van der Waals surface area contributed by atoms with Crippen LogP contribution in [0, 0.1) is 13.8 Å². The molecule has 0 atom stereocenters. The second kappa shape index (κ2) is 16.4. The monoisotopic (exact) mass is 929 g/mol. The Morgan fingerprint density at radius 1 is 0.451 bits per heavy atom. The smallest absolute Gasteiger partial charge is 0.257 e. The highest BCUT2D eigenvalue weighted by Crippen LogP contribution is 2.48. The summed E-state index contributed by atoms with van der Waals surface area (Å²) in [5.41, 5.74) is 17.5. The average molecular weight is 930 g/mol. The summed E-state index contributed by atoms with van der Waals surface area (Å²) in [5.74, 6) is 1.72. The van der Waals surface area contributed by atoms with Gasteiger partial charge in [-0.15, -0.1) is 11.3 Å². The summed E-state index contributed by atoms with van der Waals surface area (Å²) >= 11 is 1.85. The maximum absolute atomic E-state index is 7.54. The first-order valence-electron chi connectivity index (χ1n) is 24.7. The van der Waals surface area contributed by atoms with Gasteiger partial charge in [0, 0.05) is 77.8 Å². The van der Waals surface area contributed by atoms with Gasteiger partial charge in [0.25, 0.3) is 6.71 Å². The molecule has 0 fully saturated rings. The first-order chi connectivity index (χ1) is 34.9. The summed E-state index contributed by atoms with van der Waals surface area (Å²) in [5, 5.41) is 7.45. The number of hydrogen-bond donors (Lipinski definition) is 0. The van der Waals surface area contributed by atoms with E-state index in [1.165, 1.54) is 80.7 Å². The van der Waals surface area contributed by atoms with E-state index in [0.29, 0.717) is 0 Å². The number of aryl methyl sites for hydroxylation is 2. The lowest BCUT2D eigenvalue weighted by molar-refractivity contribution is 0.488. The van der Waals surface area contributed by atoms with Gasteiger partial charge in [0.15, 0.2) is 0 Å². The van der Waals surface area contributed by atoms with Crippen molar-refractivity contribution in [2.45, 2.75) is 33.6 Å². The number of thiophene rings is 1. The fourth-order valence-electron chi connectivity index (χ4n) is 11.4. The van der Waals surface area contributed by atoms with Crippen LogP contribution in [-0.4, -0.2) is 6.71 Å². The Morgan fingerprint density at radius 3 is 1.92 bits per heavy atom. The van der Waals surface area contributed by atoms with Gasteiger partial charge in [-0.2, -0.15) is 0 Å². The van der Waals surface area contributed by atoms with Gasteiger partial charge in [0.1, 0.15) is 11.5 Å². The Labute approximate surface area is 418 Å². The zero-order valence-corrected chi connectivity index (χ0v) is 40.7. The standard InChI is InChI=1S/C65H48BN3OS/c1-41-16-24-47(25-17-41)67(51-32-35-63-56(37-51)55-14-8-9-15-62(55)71-63)52-31-33-57-60(39-52)70-61-40-53(68(48-26-18-42(2)19-27-48)50-30-22-44-10-4-5-12-46(44)36-50)38-59-65(61)66(57)64-54-13-7-6-11-45(54)23-34-58(64)69(59)49-28-20-43(3)21-29-49/h4-18,20-26,28-40H,19,27H2,1-3H3. The van der Waals surface area contributed by atoms with Crippen LogP contribution in [0.3, 0.4) is 0 Å². The molecule has 0 radical (unpaired) electrons. The lowest BCUT2D eigenvalue weighted by Gasteiger charge is -2.42. The highest BCUT2D eigenvalue weighted by atomic mass is 32.1. The van der Waals surface area contributed by atoms with Gasteiger partial charge in [-0.1, -0.05) is 132 Å². The van der Waals surface area contributed by atoms with Crippen molar-refractivity contribution in [3.8, 4) is 11.5 Å². The SMILES string of the molecule is CC1=CC=C(N(c2cc3c4c(c2)N(c2ccc(C)cc2)c2ccc5ccccc5c2B4c2ccc(N(c4ccc(C)cc4)c4ccc5sc6ccccc6c5c4)cc2O3)c2ccc3ccccc3c2)CC1. The number of anilines is 8. The van der Waals surface area contributed by atoms with Crippen molar-refractivity contribution in [3.63, 3.8) is 0 Å². The molecule has 0 N–H and O–H groups in total. The van der Waals surface area contributed by atoms with E-state index in [4.69, 9.17) is 4.74 Å². The molecule has 14 rings (SSSR count). The summed E-state index contributed by atoms with van der Waals surface area (Å²) in [7, 11) is 0. The highest BCUT2D eigenvalue weighted by Gasteiger charge is 2.44. The molecular formula is C65H48BN3OS. The van der Waals surface area contributed by atoms with Crippen molar-refractivity contribution in [2.24, 2.45) is 0 Å². The lowest BCUT2D eigenvalue weighted by Crippen LogP contribution is -2.59. The van der Waals surface area contributed by atoms with Crippen LogP contribution in [-0.2, 0) is 0 Å². The van der Waals surface area contributed by atoms with E-state index in [9.17, 15) is 0 Å². The van der Waals surface area contributed by atoms with Crippen LogP contribution in [0.5, 0.6) is 11.5 Å². The van der Waals surface area contributed by atoms with Gasteiger partial charge >= 0.3 is 0 Å². The maximum atomic E-state index is 7.54. The van der Waals surface area contributed by atoms with E-state index in [1.54, 1.807) is 0 Å². The molecule has 338 valence electrons. The molecule has 1 aliphatic carbocycles. The predicted octanol–water partition coefficient (Wildman–Crippen LogP) is 16.6. The van der Waals surface area contributed by atoms with Gasteiger partial charge in [0.05, 0.1) is 5.69 Å². The zero-order chi connectivity index (χ0) is 47.3. The van der Waals surface area contributed by atoms with Crippen LogP contribution in [0.15, 0.2) is 224 Å². The molecule has 0 amide bonds. The van der Waals surface area contributed by atoms with E-state index in [2.05, 4.69) is 248 Å². The van der Waals surface area contributed by atoms with Crippen molar-refractivity contribution >= 4 is 122 Å². The second-order valence-corrected chi connectivity index (χ2v) is 20.6. The molecule has 0 bridgehead atoms. The third-order valence-electron chi connectivity index (χ3n) is 15.0. The molecule has 3 aliphatic rings. The predicted molar refractivity (Wildman–Crippen MR) is 304 cm³/mol. The normalized spacial score (nSPS) is 13.7. The van der Waals surface area contributed by atoms with Gasteiger partial charge in [0.2, 0.25) is 0 Å². The minimum atomic E-state index is -0.107. The lowest BCUT2D eigenvalue weighted by atomic mass is 9.33. The van der Waals surface area contributed by atoms with Crippen LogP contribution >= 0.6 is 11.3 Å².